The van der Waals surface area contributed by atoms with E-state index in [2.05, 4.69) is 5.32 Å². The molecule has 0 aliphatic carbocycles. The number of ether oxygens (including phenoxy) is 1. The van der Waals surface area contributed by atoms with Crippen molar-refractivity contribution >= 4 is 5.91 Å². The Morgan fingerprint density at radius 3 is 3.00 bits per heavy atom. The molecular formula is C13H20N2O2. The van der Waals surface area contributed by atoms with Gasteiger partial charge in [-0.2, -0.15) is 0 Å². The Hall–Kier alpha value is -1.55. The summed E-state index contributed by atoms with van der Waals surface area (Å²) < 4.78 is 5.48. The summed E-state index contributed by atoms with van der Waals surface area (Å²) in [6.45, 7) is 3.64. The SMILES string of the molecule is Cc1cccc(OCCC(=O)NCCCN)c1. The first-order valence-corrected chi connectivity index (χ1v) is 5.88. The highest BCUT2D eigenvalue weighted by molar-refractivity contribution is 5.75. The van der Waals surface area contributed by atoms with E-state index in [4.69, 9.17) is 10.5 Å². The molecule has 0 aliphatic rings. The summed E-state index contributed by atoms with van der Waals surface area (Å²) >= 11 is 0. The third-order valence-corrected chi connectivity index (χ3v) is 2.29. The van der Waals surface area contributed by atoms with E-state index in [9.17, 15) is 4.79 Å². The molecular weight excluding hydrogens is 216 g/mol. The van der Waals surface area contributed by atoms with Crippen LogP contribution in [0.15, 0.2) is 24.3 Å². The van der Waals surface area contributed by atoms with Crippen LogP contribution in [0.4, 0.5) is 0 Å². The van der Waals surface area contributed by atoms with Gasteiger partial charge in [-0.05, 0) is 37.6 Å². The Morgan fingerprint density at radius 2 is 2.29 bits per heavy atom. The van der Waals surface area contributed by atoms with Crippen LogP contribution in [0.2, 0.25) is 0 Å². The summed E-state index contributed by atoms with van der Waals surface area (Å²) in [7, 11) is 0. The summed E-state index contributed by atoms with van der Waals surface area (Å²) in [6.07, 6.45) is 1.18. The normalized spacial score (nSPS) is 10.0. The minimum absolute atomic E-state index is 0.00565. The number of hydrogen-bond acceptors (Lipinski definition) is 3. The van der Waals surface area contributed by atoms with E-state index < -0.39 is 0 Å². The van der Waals surface area contributed by atoms with Crippen molar-refractivity contribution in [3.63, 3.8) is 0 Å². The number of benzene rings is 1. The quantitative estimate of drug-likeness (QED) is 0.700. The van der Waals surface area contributed by atoms with Gasteiger partial charge in [-0.3, -0.25) is 4.79 Å². The Labute approximate surface area is 102 Å². The standard InChI is InChI=1S/C13H20N2O2/c1-11-4-2-5-12(10-11)17-9-6-13(16)15-8-3-7-14/h2,4-5,10H,3,6-9,14H2,1H3,(H,15,16). The van der Waals surface area contributed by atoms with Crippen molar-refractivity contribution in [1.29, 1.82) is 0 Å². The highest BCUT2D eigenvalue weighted by Gasteiger charge is 2.01. The predicted octanol–water partition coefficient (Wildman–Crippen LogP) is 1.23. The Balaban J connectivity index is 2.17. The molecule has 0 atom stereocenters. The number of nitrogens with one attached hydrogen (secondary N) is 1. The molecule has 0 spiro atoms. The lowest BCUT2D eigenvalue weighted by Crippen LogP contribution is -2.27. The number of amides is 1. The monoisotopic (exact) mass is 236 g/mol. The Bertz CT molecular complexity index is 353. The highest BCUT2D eigenvalue weighted by atomic mass is 16.5. The summed E-state index contributed by atoms with van der Waals surface area (Å²) in [6, 6.07) is 7.78. The van der Waals surface area contributed by atoms with Crippen LogP contribution in [0, 0.1) is 6.92 Å². The van der Waals surface area contributed by atoms with Crippen molar-refractivity contribution in [2.45, 2.75) is 19.8 Å². The number of carbonyl (C=O) groups is 1. The smallest absolute Gasteiger partial charge is 0.223 e. The van der Waals surface area contributed by atoms with E-state index in [1.807, 2.05) is 31.2 Å². The zero-order chi connectivity index (χ0) is 12.5. The van der Waals surface area contributed by atoms with Gasteiger partial charge in [-0.15, -0.1) is 0 Å². The molecule has 0 fully saturated rings. The first-order chi connectivity index (χ1) is 8.22. The second-order valence-corrected chi connectivity index (χ2v) is 3.91. The molecule has 0 saturated heterocycles. The molecule has 4 heteroatoms. The summed E-state index contributed by atoms with van der Waals surface area (Å²) in [5.74, 6) is 0.811. The van der Waals surface area contributed by atoms with Gasteiger partial charge in [-0.25, -0.2) is 0 Å². The number of aryl methyl sites for hydroxylation is 1. The third kappa shape index (κ3) is 5.92. The maximum atomic E-state index is 11.3. The molecule has 1 aromatic carbocycles. The fraction of sp³-hybridized carbons (Fsp3) is 0.462. The van der Waals surface area contributed by atoms with Crippen molar-refractivity contribution in [2.75, 3.05) is 19.7 Å². The van der Waals surface area contributed by atoms with Gasteiger partial charge in [0.2, 0.25) is 5.91 Å². The molecule has 94 valence electrons. The van der Waals surface area contributed by atoms with Gasteiger partial charge >= 0.3 is 0 Å². The predicted molar refractivity (Wildman–Crippen MR) is 68.0 cm³/mol. The molecule has 3 N–H and O–H groups in total. The molecule has 0 radical (unpaired) electrons. The zero-order valence-corrected chi connectivity index (χ0v) is 10.2. The van der Waals surface area contributed by atoms with Crippen LogP contribution >= 0.6 is 0 Å². The van der Waals surface area contributed by atoms with Crippen molar-refractivity contribution in [3.8, 4) is 5.75 Å². The van der Waals surface area contributed by atoms with E-state index in [1.54, 1.807) is 0 Å². The van der Waals surface area contributed by atoms with Crippen LogP contribution in [-0.2, 0) is 4.79 Å². The highest BCUT2D eigenvalue weighted by Crippen LogP contribution is 2.12. The molecule has 17 heavy (non-hydrogen) atoms. The maximum Gasteiger partial charge on any atom is 0.223 e. The molecule has 0 aliphatic heterocycles. The van der Waals surface area contributed by atoms with E-state index in [-0.39, 0.29) is 5.91 Å². The molecule has 1 amide bonds. The summed E-state index contributed by atoms with van der Waals surface area (Å²) in [5, 5.41) is 2.78. The lowest BCUT2D eigenvalue weighted by atomic mass is 10.2. The summed E-state index contributed by atoms with van der Waals surface area (Å²) in [5.41, 5.74) is 6.48. The topological polar surface area (TPSA) is 64.3 Å². The Morgan fingerprint density at radius 1 is 1.47 bits per heavy atom. The molecule has 0 aromatic heterocycles. The van der Waals surface area contributed by atoms with Gasteiger partial charge in [0.15, 0.2) is 0 Å². The largest absolute Gasteiger partial charge is 0.493 e. The fourth-order valence-corrected chi connectivity index (χ4v) is 1.38. The first-order valence-electron chi connectivity index (χ1n) is 5.88. The summed E-state index contributed by atoms with van der Waals surface area (Å²) in [4.78, 5) is 11.3. The van der Waals surface area contributed by atoms with Gasteiger partial charge in [0, 0.05) is 6.54 Å². The van der Waals surface area contributed by atoms with E-state index in [0.717, 1.165) is 17.7 Å². The van der Waals surface area contributed by atoms with Gasteiger partial charge in [0.1, 0.15) is 5.75 Å². The number of hydrogen-bond donors (Lipinski definition) is 2. The molecule has 0 saturated carbocycles. The second kappa shape index (κ2) is 7.68. The maximum absolute atomic E-state index is 11.3. The van der Waals surface area contributed by atoms with Crippen molar-refractivity contribution in [2.24, 2.45) is 5.73 Å². The van der Waals surface area contributed by atoms with Gasteiger partial charge in [0.25, 0.3) is 0 Å². The molecule has 4 nitrogen and oxygen atoms in total. The minimum Gasteiger partial charge on any atom is -0.493 e. The lowest BCUT2D eigenvalue weighted by Gasteiger charge is -2.07. The average molecular weight is 236 g/mol. The lowest BCUT2D eigenvalue weighted by molar-refractivity contribution is -0.121. The van der Waals surface area contributed by atoms with E-state index in [0.29, 0.717) is 26.1 Å². The van der Waals surface area contributed by atoms with Crippen molar-refractivity contribution in [1.82, 2.24) is 5.32 Å². The first kappa shape index (κ1) is 13.5. The number of nitrogens with two attached hydrogens (primary N) is 1. The minimum atomic E-state index is 0.00565. The molecule has 0 unspecified atom stereocenters. The van der Waals surface area contributed by atoms with Gasteiger partial charge < -0.3 is 15.8 Å². The molecule has 1 aromatic rings. The van der Waals surface area contributed by atoms with Crippen molar-refractivity contribution < 1.29 is 9.53 Å². The van der Waals surface area contributed by atoms with Crippen LogP contribution in [0.1, 0.15) is 18.4 Å². The number of rotatable bonds is 7. The van der Waals surface area contributed by atoms with Crippen LogP contribution in [0.5, 0.6) is 5.75 Å². The van der Waals surface area contributed by atoms with E-state index >= 15 is 0 Å². The van der Waals surface area contributed by atoms with Crippen LogP contribution in [0.25, 0.3) is 0 Å². The van der Waals surface area contributed by atoms with E-state index in [1.165, 1.54) is 0 Å². The molecule has 0 heterocycles. The molecule has 0 bridgehead atoms. The zero-order valence-electron chi connectivity index (χ0n) is 10.2. The number of carbonyl (C=O) groups excluding carboxylic acids is 1. The molecule has 1 rings (SSSR count). The third-order valence-electron chi connectivity index (χ3n) is 2.29. The van der Waals surface area contributed by atoms with Gasteiger partial charge in [0.05, 0.1) is 13.0 Å². The van der Waals surface area contributed by atoms with Crippen LogP contribution < -0.4 is 15.8 Å². The second-order valence-electron chi connectivity index (χ2n) is 3.91. The Kier molecular flexibility index (Phi) is 6.10. The van der Waals surface area contributed by atoms with Crippen LogP contribution in [-0.4, -0.2) is 25.6 Å². The van der Waals surface area contributed by atoms with Crippen molar-refractivity contribution in [3.05, 3.63) is 29.8 Å². The van der Waals surface area contributed by atoms with Gasteiger partial charge in [-0.1, -0.05) is 12.1 Å². The fourth-order valence-electron chi connectivity index (χ4n) is 1.38. The van der Waals surface area contributed by atoms with Crippen LogP contribution in [0.3, 0.4) is 0 Å². The average Bonchev–Trinajstić information content (AvgIpc) is 2.29.